The SMILES string of the molecule is CO.COc1c2c(c(O)c3ncccc13)C(=O)N(Cc1ccc(F)cc1)C2O.COc1c2c(c(O)c3ncccc13)C(=O)N(Cc1ccc(F)cc1)C2OC.COc1c2c(c(O[Si](C(C)C)(C(C)C)C(C)C)c3ncccc13)C(=O)N(Cc1ccc(F)cc1)C2=O.COc1c2c(c(O[Si](C(C)C)(C(C)C)C(C)C)c3ncccc13)C(=O)N(Cc1ccc(F)cc1)C2O.[B].[H-].[Na+]. The van der Waals surface area contributed by atoms with Crippen molar-refractivity contribution < 1.29 is 131 Å². The van der Waals surface area contributed by atoms with Crippen LogP contribution >= 0.6 is 0 Å². The minimum atomic E-state index is -2.51. The van der Waals surface area contributed by atoms with E-state index in [0.717, 1.165) is 12.7 Å². The first-order valence-electron chi connectivity index (χ1n) is 41.5. The van der Waals surface area contributed by atoms with Crippen LogP contribution in [-0.4, -0.2) is 162 Å². The topological polar surface area (TPSA) is 316 Å². The van der Waals surface area contributed by atoms with Crippen LogP contribution in [0.2, 0.25) is 33.2 Å². The van der Waals surface area contributed by atoms with Crippen LogP contribution in [0, 0.1) is 23.3 Å². The van der Waals surface area contributed by atoms with Gasteiger partial charge in [0.2, 0.25) is 0 Å². The number of methoxy groups -OCH3 is 5. The molecule has 3 atom stereocenters. The first-order chi connectivity index (χ1) is 60.7. The number of phenols is 2. The van der Waals surface area contributed by atoms with Gasteiger partial charge in [0.25, 0.3) is 46.2 Å². The van der Waals surface area contributed by atoms with E-state index in [-0.39, 0.29) is 173 Å². The Morgan fingerprint density at radius 2 is 0.620 bits per heavy atom. The molecule has 671 valence electrons. The number of hydrogen-bond donors (Lipinski definition) is 5. The summed E-state index contributed by atoms with van der Waals surface area (Å²) in [7, 11) is 3.42. The zero-order chi connectivity index (χ0) is 92.3. The molecule has 5 amide bonds. The van der Waals surface area contributed by atoms with Gasteiger partial charge >= 0.3 is 29.6 Å². The fourth-order valence-electron chi connectivity index (χ4n) is 18.6. The second-order valence-electron chi connectivity index (χ2n) is 32.9. The zero-order valence-electron chi connectivity index (χ0n) is 76.5. The number of carbonyl (C=O) groups is 5. The Hall–Kier alpha value is -11.6. The average molecular weight is 1810 g/mol. The molecule has 3 radical (unpaired) electrons. The maximum absolute atomic E-state index is 14.0. The summed E-state index contributed by atoms with van der Waals surface area (Å²) < 4.78 is 95.3. The van der Waals surface area contributed by atoms with Gasteiger partial charge in [0.1, 0.15) is 79.8 Å². The number of aromatic hydroxyl groups is 2. The van der Waals surface area contributed by atoms with Crippen LogP contribution in [0.15, 0.2) is 170 Å². The van der Waals surface area contributed by atoms with Crippen LogP contribution in [0.25, 0.3) is 43.6 Å². The van der Waals surface area contributed by atoms with Crippen LogP contribution in [-0.2, 0) is 30.9 Å². The molecule has 8 heterocycles. The maximum Gasteiger partial charge on any atom is 1.00 e. The van der Waals surface area contributed by atoms with E-state index in [1.165, 1.54) is 128 Å². The van der Waals surface area contributed by atoms with Crippen LogP contribution in [0.3, 0.4) is 0 Å². The predicted octanol–water partition coefficient (Wildman–Crippen LogP) is 15.8. The maximum atomic E-state index is 14.0. The van der Waals surface area contributed by atoms with Gasteiger partial charge in [-0.05, 0) is 153 Å². The molecule has 0 saturated heterocycles. The molecule has 16 rings (SSSR count). The van der Waals surface area contributed by atoms with Crippen molar-refractivity contribution in [2.24, 2.45) is 0 Å². The number of fused-ring (bicyclic) bond motifs is 8. The number of aromatic nitrogens is 4. The third kappa shape index (κ3) is 18.3. The van der Waals surface area contributed by atoms with Gasteiger partial charge in [0.15, 0.2) is 30.2 Å². The molecule has 4 aliphatic rings. The number of pyridine rings is 4. The number of nitrogens with zero attached hydrogens (tertiary/aromatic N) is 8. The van der Waals surface area contributed by atoms with E-state index in [1.807, 2.05) is 12.1 Å². The number of hydrogen-bond acceptors (Lipinski definition) is 21. The fourth-order valence-corrected chi connectivity index (χ4v) is 29.1. The Morgan fingerprint density at radius 3 is 0.953 bits per heavy atom. The van der Waals surface area contributed by atoms with Crippen molar-refractivity contribution >= 4 is 98.2 Å². The van der Waals surface area contributed by atoms with E-state index in [2.05, 4.69) is 103 Å². The predicted molar refractivity (Wildman–Crippen MR) is 484 cm³/mol. The van der Waals surface area contributed by atoms with Gasteiger partial charge in [-0.3, -0.25) is 48.8 Å². The number of halogens is 4. The van der Waals surface area contributed by atoms with Crippen molar-refractivity contribution in [3.05, 3.63) is 260 Å². The molecule has 25 nitrogen and oxygen atoms in total. The number of amides is 5. The number of benzene rings is 8. The number of aliphatic hydroxyl groups excluding tert-OH is 3. The fraction of sp³-hybridized carbons (Fsp3) is 0.323. The van der Waals surface area contributed by atoms with Gasteiger partial charge in [-0.1, -0.05) is 132 Å². The number of carbonyl (C=O) groups excluding carboxylic acids is 5. The summed E-state index contributed by atoms with van der Waals surface area (Å²) in [5.41, 5.74) is 7.70. The van der Waals surface area contributed by atoms with Crippen molar-refractivity contribution in [2.45, 2.75) is 161 Å². The van der Waals surface area contributed by atoms with E-state index in [0.29, 0.717) is 106 Å². The standard InChI is InChI=1S/C28H35FN2O4Si.C28H33FN2O4Si.C20H17FN2O4.C19H15FN2O4.CH4O.B.Na.H/c2*1-16(2)36(17(3)4,18(5)6)35-26-23-22(25(34-7)21-9-8-14-30-24(21)26)27(32)31(28(23)33)15-19-10-12-20(29)13-11-19;1-26-18-13-4-3-9-22-16(13)17(24)14-15(18)20(27-2)23(19(14)25)10-11-5-7-12(21)8-6-11;1-26-17-12-3-2-8-21-15(12)16(23)13-14(17)19(25)22(18(13)24)9-10-4-6-11(20)7-5-10;1-2;;;/h8-14,16-18,27,32H,15H2,1-7H3;8-14,16-18H,15H2,1-7H3;3-9,20,24H,10H2,1-2H3;2-8,19,23,25H,9H2,1H3;2H,1H3;;;/q;;;;;;+1;-1. The molecule has 4 aliphatic heterocycles. The smallest absolute Gasteiger partial charge is 1.00 e. The van der Waals surface area contributed by atoms with Crippen LogP contribution in [0.5, 0.6) is 46.0 Å². The van der Waals surface area contributed by atoms with Gasteiger partial charge in [-0.2, -0.15) is 0 Å². The Balaban J connectivity index is 0.000000194. The summed E-state index contributed by atoms with van der Waals surface area (Å²) in [4.78, 5) is 90.3. The summed E-state index contributed by atoms with van der Waals surface area (Å²) >= 11 is 0. The van der Waals surface area contributed by atoms with Gasteiger partial charge in [0.05, 0.1) is 79.5 Å². The molecule has 0 fully saturated rings. The minimum absolute atomic E-state index is 0. The molecule has 0 aliphatic carbocycles. The molecule has 3 unspecified atom stereocenters. The second-order valence-corrected chi connectivity index (χ2v) is 43.6. The number of rotatable bonds is 23. The summed E-state index contributed by atoms with van der Waals surface area (Å²) in [6, 6.07) is 37.3. The Bertz CT molecular complexity index is 6120. The van der Waals surface area contributed by atoms with Gasteiger partial charge in [0, 0.05) is 88.6 Å². The van der Waals surface area contributed by atoms with E-state index in [4.69, 9.17) is 37.6 Å². The molecule has 12 aromatic rings. The third-order valence-electron chi connectivity index (χ3n) is 24.1. The number of ether oxygens (including phenoxy) is 5. The van der Waals surface area contributed by atoms with Crippen LogP contribution < -0.4 is 57.4 Å². The van der Waals surface area contributed by atoms with E-state index >= 15 is 0 Å². The van der Waals surface area contributed by atoms with Gasteiger partial charge in [-0.25, -0.2) is 17.6 Å². The molecule has 0 saturated carbocycles. The first kappa shape index (κ1) is 99.6. The molecule has 8 aromatic carbocycles. The van der Waals surface area contributed by atoms with Crippen molar-refractivity contribution in [1.82, 2.24) is 39.5 Å². The second kappa shape index (κ2) is 41.4. The minimum Gasteiger partial charge on any atom is -1.00 e. The first-order valence-corrected chi connectivity index (χ1v) is 45.8. The van der Waals surface area contributed by atoms with E-state index in [1.54, 1.807) is 85.2 Å². The monoisotopic (exact) mass is 1810 g/mol. The Morgan fingerprint density at radius 1 is 0.357 bits per heavy atom. The molecule has 33 heteroatoms. The van der Waals surface area contributed by atoms with Crippen molar-refractivity contribution in [1.29, 1.82) is 0 Å². The Kier molecular flexibility index (Phi) is 32.0. The van der Waals surface area contributed by atoms with Crippen LogP contribution in [0.4, 0.5) is 17.6 Å². The number of phenolic OH excluding ortho intramolecular Hbond substituents is 2. The summed E-state index contributed by atoms with van der Waals surface area (Å²) in [5.74, 6) is -1.94. The molecule has 4 aromatic heterocycles. The molecule has 0 bridgehead atoms. The van der Waals surface area contributed by atoms with Crippen LogP contribution in [0.1, 0.15) is 194 Å². The normalized spacial score (nSPS) is 15.0. The van der Waals surface area contributed by atoms with Crippen molar-refractivity contribution in [3.8, 4) is 46.0 Å². The number of imide groups is 1. The van der Waals surface area contributed by atoms with Gasteiger partial charge < -0.3 is 74.2 Å². The summed E-state index contributed by atoms with van der Waals surface area (Å²) in [5, 5.41) is 52.9. The van der Waals surface area contributed by atoms with Gasteiger partial charge in [-0.15, -0.1) is 0 Å². The summed E-state index contributed by atoms with van der Waals surface area (Å²) in [6.07, 6.45) is 3.08. The molecular formula is C96H105BF4N8NaO17Si2. The molecule has 0 spiro atoms. The summed E-state index contributed by atoms with van der Waals surface area (Å²) in [6.45, 7) is 26.5. The Labute approximate surface area is 773 Å². The van der Waals surface area contributed by atoms with Crippen molar-refractivity contribution in [3.63, 3.8) is 0 Å². The van der Waals surface area contributed by atoms with E-state index < -0.39 is 58.9 Å². The van der Waals surface area contributed by atoms with Crippen molar-refractivity contribution in [2.75, 3.05) is 42.7 Å². The van der Waals surface area contributed by atoms with E-state index in [9.17, 15) is 62.0 Å². The molecule has 129 heavy (non-hydrogen) atoms. The zero-order valence-corrected chi connectivity index (χ0v) is 79.5. The molecule has 5 N–H and O–H groups in total. The molecular weight excluding hydrogens is 1700 g/mol. The largest absolute Gasteiger partial charge is 1.00 e. The quantitative estimate of drug-likeness (QED) is 0.0226. The number of aliphatic hydroxyl groups is 3. The third-order valence-corrected chi connectivity index (χ3v) is 36.0. The average Bonchev–Trinajstić information content (AvgIpc) is 1.56.